The Labute approximate surface area is 100 Å². The first kappa shape index (κ1) is 12.4. The van der Waals surface area contributed by atoms with Crippen LogP contribution in [0.15, 0.2) is 0 Å². The van der Waals surface area contributed by atoms with E-state index in [9.17, 15) is 0 Å². The Balaban J connectivity index is 1.68. The maximum absolute atomic E-state index is 5.52. The Kier molecular flexibility index (Phi) is 4.66. The summed E-state index contributed by atoms with van der Waals surface area (Å²) in [6, 6.07) is 0.765. The third-order valence-electron chi connectivity index (χ3n) is 4.13. The normalized spacial score (nSPS) is 40.9. The van der Waals surface area contributed by atoms with Gasteiger partial charge in [0.2, 0.25) is 0 Å². The van der Waals surface area contributed by atoms with Gasteiger partial charge in [0.1, 0.15) is 0 Å². The van der Waals surface area contributed by atoms with Crippen LogP contribution >= 0.6 is 0 Å². The van der Waals surface area contributed by atoms with Crippen molar-refractivity contribution < 1.29 is 4.74 Å². The summed E-state index contributed by atoms with van der Waals surface area (Å²) in [5, 5.41) is 3.77. The Hall–Kier alpha value is -0.0800. The second-order valence-corrected chi connectivity index (χ2v) is 6.11. The van der Waals surface area contributed by atoms with Gasteiger partial charge in [0.15, 0.2) is 0 Å². The van der Waals surface area contributed by atoms with E-state index in [0.717, 1.165) is 37.0 Å². The quantitative estimate of drug-likeness (QED) is 0.797. The van der Waals surface area contributed by atoms with Crippen LogP contribution in [-0.4, -0.2) is 25.8 Å². The molecule has 3 atom stereocenters. The zero-order chi connectivity index (χ0) is 11.4. The van der Waals surface area contributed by atoms with E-state index in [1.54, 1.807) is 0 Å². The van der Waals surface area contributed by atoms with Crippen molar-refractivity contribution in [2.24, 2.45) is 17.8 Å². The van der Waals surface area contributed by atoms with Crippen LogP contribution in [0.5, 0.6) is 0 Å². The molecule has 0 radical (unpaired) electrons. The summed E-state index contributed by atoms with van der Waals surface area (Å²) < 4.78 is 5.52. The van der Waals surface area contributed by atoms with Crippen LogP contribution in [0.1, 0.15) is 46.0 Å². The molecule has 0 bridgehead atoms. The van der Waals surface area contributed by atoms with Crippen LogP contribution in [-0.2, 0) is 4.74 Å². The van der Waals surface area contributed by atoms with Crippen molar-refractivity contribution in [1.29, 1.82) is 0 Å². The molecule has 2 nitrogen and oxygen atoms in total. The van der Waals surface area contributed by atoms with Gasteiger partial charge in [-0.3, -0.25) is 0 Å². The molecule has 2 heteroatoms. The van der Waals surface area contributed by atoms with Gasteiger partial charge in [-0.05, 0) is 49.9 Å². The first-order chi connectivity index (χ1) is 7.74. The molecule has 94 valence electrons. The van der Waals surface area contributed by atoms with Gasteiger partial charge >= 0.3 is 0 Å². The summed E-state index contributed by atoms with van der Waals surface area (Å²) in [6.07, 6.45) is 6.77. The number of rotatable bonds is 3. The second-order valence-electron chi connectivity index (χ2n) is 6.11. The minimum absolute atomic E-state index is 0.765. The molecule has 1 N–H and O–H groups in total. The largest absolute Gasteiger partial charge is 0.381 e. The third-order valence-corrected chi connectivity index (χ3v) is 4.13. The lowest BCUT2D eigenvalue weighted by atomic mass is 9.80. The number of ether oxygens (including phenoxy) is 1. The van der Waals surface area contributed by atoms with Crippen molar-refractivity contribution in [3.63, 3.8) is 0 Å². The fourth-order valence-electron chi connectivity index (χ4n) is 3.42. The van der Waals surface area contributed by atoms with Crippen molar-refractivity contribution in [2.45, 2.75) is 52.0 Å². The molecule has 2 aliphatic rings. The summed E-state index contributed by atoms with van der Waals surface area (Å²) in [7, 11) is 0. The van der Waals surface area contributed by atoms with Gasteiger partial charge in [-0.25, -0.2) is 0 Å². The zero-order valence-electron chi connectivity index (χ0n) is 10.9. The van der Waals surface area contributed by atoms with Crippen LogP contribution in [0.3, 0.4) is 0 Å². The fourth-order valence-corrected chi connectivity index (χ4v) is 3.42. The van der Waals surface area contributed by atoms with Crippen molar-refractivity contribution in [3.8, 4) is 0 Å². The van der Waals surface area contributed by atoms with Crippen LogP contribution < -0.4 is 5.32 Å². The van der Waals surface area contributed by atoms with Crippen molar-refractivity contribution in [1.82, 2.24) is 5.32 Å². The van der Waals surface area contributed by atoms with Crippen LogP contribution in [0, 0.1) is 17.8 Å². The van der Waals surface area contributed by atoms with Gasteiger partial charge in [-0.15, -0.1) is 0 Å². The Bertz CT molecular complexity index is 191. The van der Waals surface area contributed by atoms with Gasteiger partial charge in [0.05, 0.1) is 6.61 Å². The van der Waals surface area contributed by atoms with E-state index in [1.807, 2.05) is 0 Å². The molecule has 0 aromatic rings. The first-order valence-electron chi connectivity index (χ1n) is 7.05. The summed E-state index contributed by atoms with van der Waals surface area (Å²) in [6.45, 7) is 7.92. The Morgan fingerprint density at radius 3 is 2.50 bits per heavy atom. The molecule has 1 saturated carbocycles. The monoisotopic (exact) mass is 225 g/mol. The van der Waals surface area contributed by atoms with E-state index in [4.69, 9.17) is 4.74 Å². The smallest absolute Gasteiger partial charge is 0.0506 e. The molecule has 0 aromatic heterocycles. The van der Waals surface area contributed by atoms with Crippen molar-refractivity contribution in [2.75, 3.05) is 19.8 Å². The molecule has 1 aliphatic heterocycles. The molecule has 0 spiro atoms. The molecule has 2 fully saturated rings. The fraction of sp³-hybridized carbons (Fsp3) is 1.00. The van der Waals surface area contributed by atoms with Gasteiger partial charge in [-0.2, -0.15) is 0 Å². The molecule has 1 heterocycles. The van der Waals surface area contributed by atoms with E-state index in [1.165, 1.54) is 38.6 Å². The summed E-state index contributed by atoms with van der Waals surface area (Å²) in [5.74, 6) is 2.58. The predicted octanol–water partition coefficient (Wildman–Crippen LogP) is 2.83. The Morgan fingerprint density at radius 1 is 1.12 bits per heavy atom. The number of hydrogen-bond donors (Lipinski definition) is 1. The first-order valence-corrected chi connectivity index (χ1v) is 7.05. The average molecular weight is 225 g/mol. The molecular formula is C14H27NO. The lowest BCUT2D eigenvalue weighted by molar-refractivity contribution is 0.0524. The minimum atomic E-state index is 0.765. The Morgan fingerprint density at radius 2 is 1.88 bits per heavy atom. The summed E-state index contributed by atoms with van der Waals surface area (Å²) in [5.41, 5.74) is 0. The zero-order valence-corrected chi connectivity index (χ0v) is 10.9. The second kappa shape index (κ2) is 6.02. The van der Waals surface area contributed by atoms with Crippen molar-refractivity contribution >= 4 is 0 Å². The van der Waals surface area contributed by atoms with E-state index < -0.39 is 0 Å². The molecule has 1 saturated heterocycles. The van der Waals surface area contributed by atoms with Gasteiger partial charge in [0, 0.05) is 19.2 Å². The predicted molar refractivity (Wildman–Crippen MR) is 67.5 cm³/mol. The molecular weight excluding hydrogens is 198 g/mol. The summed E-state index contributed by atoms with van der Waals surface area (Å²) >= 11 is 0. The van der Waals surface area contributed by atoms with Gasteiger partial charge < -0.3 is 10.1 Å². The highest BCUT2D eigenvalue weighted by Crippen LogP contribution is 2.28. The van der Waals surface area contributed by atoms with E-state index in [2.05, 4.69) is 19.2 Å². The van der Waals surface area contributed by atoms with Gasteiger partial charge in [-0.1, -0.05) is 13.8 Å². The van der Waals surface area contributed by atoms with E-state index >= 15 is 0 Å². The SMILES string of the molecule is CC1CC(C)CC(NCC2CCCOC2)C1. The lowest BCUT2D eigenvalue weighted by Crippen LogP contribution is -2.40. The topological polar surface area (TPSA) is 21.3 Å². The highest BCUT2D eigenvalue weighted by Gasteiger charge is 2.24. The van der Waals surface area contributed by atoms with Crippen LogP contribution in [0.4, 0.5) is 0 Å². The minimum Gasteiger partial charge on any atom is -0.381 e. The molecule has 0 amide bonds. The molecule has 1 aliphatic carbocycles. The lowest BCUT2D eigenvalue weighted by Gasteiger charge is -2.33. The third kappa shape index (κ3) is 3.74. The standard InChI is InChI=1S/C14H27NO/c1-11-6-12(2)8-14(7-11)15-9-13-4-3-5-16-10-13/h11-15H,3-10H2,1-2H3. The average Bonchev–Trinajstić information content (AvgIpc) is 2.27. The van der Waals surface area contributed by atoms with E-state index in [0.29, 0.717) is 0 Å². The molecule has 16 heavy (non-hydrogen) atoms. The number of nitrogens with one attached hydrogen (secondary N) is 1. The number of hydrogen-bond acceptors (Lipinski definition) is 2. The summed E-state index contributed by atoms with van der Waals surface area (Å²) in [4.78, 5) is 0. The molecule has 2 rings (SSSR count). The maximum Gasteiger partial charge on any atom is 0.0506 e. The highest BCUT2D eigenvalue weighted by molar-refractivity contribution is 4.80. The maximum atomic E-state index is 5.52. The van der Waals surface area contributed by atoms with Crippen molar-refractivity contribution in [3.05, 3.63) is 0 Å². The molecule has 3 unspecified atom stereocenters. The highest BCUT2D eigenvalue weighted by atomic mass is 16.5. The molecule has 0 aromatic carbocycles. The van der Waals surface area contributed by atoms with Crippen LogP contribution in [0.2, 0.25) is 0 Å². The van der Waals surface area contributed by atoms with E-state index in [-0.39, 0.29) is 0 Å². The van der Waals surface area contributed by atoms with Gasteiger partial charge in [0.25, 0.3) is 0 Å². The van der Waals surface area contributed by atoms with Crippen LogP contribution in [0.25, 0.3) is 0 Å².